The summed E-state index contributed by atoms with van der Waals surface area (Å²) in [5.41, 5.74) is 0.257. The van der Waals surface area contributed by atoms with Gasteiger partial charge in [-0.15, -0.1) is 0 Å². The van der Waals surface area contributed by atoms with Crippen LogP contribution in [0.25, 0.3) is 0 Å². The molecule has 5 nitrogen and oxygen atoms in total. The lowest BCUT2D eigenvalue weighted by Crippen LogP contribution is -2.27. The van der Waals surface area contributed by atoms with Gasteiger partial charge < -0.3 is 0 Å². The van der Waals surface area contributed by atoms with Crippen LogP contribution in [0, 0.1) is 0 Å². The number of amides is 4. The molecule has 1 aromatic rings. The average molecular weight is 244 g/mol. The molecule has 1 aliphatic rings. The first-order valence-electron chi connectivity index (χ1n) is 3.84. The van der Waals surface area contributed by atoms with Crippen molar-refractivity contribution in [3.05, 3.63) is 28.2 Å². The van der Waals surface area contributed by atoms with Gasteiger partial charge in [0.15, 0.2) is 0 Å². The molecule has 0 aromatic heterocycles. The maximum atomic E-state index is 11.2. The monoisotopic (exact) mass is 243 g/mol. The molecule has 2 rings (SSSR count). The van der Waals surface area contributed by atoms with Crippen LogP contribution in [0.4, 0.5) is 15.3 Å². The smallest absolute Gasteiger partial charge is 0.243 e. The molecule has 4 amide bonds. The predicted octanol–water partition coefficient (Wildman–Crippen LogP) is 3.51. The molecule has 0 bridgehead atoms. The van der Waals surface area contributed by atoms with Crippen molar-refractivity contribution in [2.24, 2.45) is 10.2 Å². The average Bonchev–Trinajstić information content (AvgIpc) is 2.44. The molecular weight excluding hydrogens is 241 g/mol. The maximum absolute atomic E-state index is 11.2. The molecule has 0 aliphatic carbocycles. The minimum Gasteiger partial charge on any atom is -0.243 e. The van der Waals surface area contributed by atoms with Gasteiger partial charge in [-0.2, -0.15) is 0 Å². The van der Waals surface area contributed by atoms with Crippen LogP contribution in [0.1, 0.15) is 0 Å². The van der Waals surface area contributed by atoms with Gasteiger partial charge in [-0.05, 0) is 18.2 Å². The number of azo groups is 1. The minimum atomic E-state index is -0.752. The van der Waals surface area contributed by atoms with E-state index in [1.54, 1.807) is 0 Å². The molecule has 0 fully saturated rings. The topological polar surface area (TPSA) is 62.1 Å². The highest BCUT2D eigenvalue weighted by molar-refractivity contribution is 6.35. The fourth-order valence-electron chi connectivity index (χ4n) is 1.15. The Bertz CT molecular complexity index is 449. The Hall–Kier alpha value is -1.46. The second-order valence-electron chi connectivity index (χ2n) is 2.73. The normalized spacial score (nSPS) is 15.2. The molecule has 0 atom stereocenters. The van der Waals surface area contributed by atoms with E-state index in [0.717, 1.165) is 4.90 Å². The van der Waals surface area contributed by atoms with Crippen LogP contribution in [0.15, 0.2) is 28.4 Å². The predicted molar refractivity (Wildman–Crippen MR) is 54.6 cm³/mol. The van der Waals surface area contributed by atoms with Crippen molar-refractivity contribution in [3.8, 4) is 0 Å². The number of benzene rings is 1. The van der Waals surface area contributed by atoms with Crippen LogP contribution in [0.2, 0.25) is 10.0 Å². The number of anilines is 1. The third kappa shape index (κ3) is 1.84. The van der Waals surface area contributed by atoms with Crippen molar-refractivity contribution in [3.63, 3.8) is 0 Å². The largest absolute Gasteiger partial charge is 0.375 e. The quantitative estimate of drug-likeness (QED) is 0.758. The molecule has 1 aliphatic heterocycles. The Morgan fingerprint density at radius 2 is 1.40 bits per heavy atom. The summed E-state index contributed by atoms with van der Waals surface area (Å²) in [6.45, 7) is 0. The zero-order chi connectivity index (χ0) is 11.0. The summed E-state index contributed by atoms with van der Waals surface area (Å²) in [4.78, 5) is 23.1. The van der Waals surface area contributed by atoms with Crippen LogP contribution >= 0.6 is 23.2 Å². The van der Waals surface area contributed by atoms with E-state index in [2.05, 4.69) is 10.2 Å². The third-order valence-corrected chi connectivity index (χ3v) is 2.15. The molecule has 0 saturated carbocycles. The summed E-state index contributed by atoms with van der Waals surface area (Å²) in [6, 6.07) is 2.85. The number of hydrogen-bond acceptors (Lipinski definition) is 2. The van der Waals surface area contributed by atoms with Gasteiger partial charge in [-0.3, -0.25) is 0 Å². The van der Waals surface area contributed by atoms with Crippen molar-refractivity contribution in [2.75, 3.05) is 4.90 Å². The summed E-state index contributed by atoms with van der Waals surface area (Å²) in [7, 11) is 0. The number of imide groups is 1. The van der Waals surface area contributed by atoms with E-state index in [1.165, 1.54) is 18.2 Å². The molecule has 0 saturated heterocycles. The van der Waals surface area contributed by atoms with Gasteiger partial charge in [0.1, 0.15) is 0 Å². The van der Waals surface area contributed by atoms with Gasteiger partial charge in [0, 0.05) is 10.0 Å². The van der Waals surface area contributed by atoms with Gasteiger partial charge in [-0.25, -0.2) is 14.5 Å². The van der Waals surface area contributed by atoms with Crippen molar-refractivity contribution in [1.82, 2.24) is 0 Å². The van der Waals surface area contributed by atoms with Gasteiger partial charge in [-0.1, -0.05) is 33.4 Å². The number of urea groups is 2. The summed E-state index contributed by atoms with van der Waals surface area (Å²) >= 11 is 11.5. The molecule has 15 heavy (non-hydrogen) atoms. The molecule has 0 spiro atoms. The Labute approximate surface area is 94.3 Å². The lowest BCUT2D eigenvalue weighted by molar-refractivity contribution is 0.249. The summed E-state index contributed by atoms with van der Waals surface area (Å²) in [5.74, 6) is 0. The first kappa shape index (κ1) is 10.1. The fourth-order valence-corrected chi connectivity index (χ4v) is 1.66. The number of hydrogen-bond donors (Lipinski definition) is 0. The van der Waals surface area contributed by atoms with Crippen LogP contribution in [0.5, 0.6) is 0 Å². The van der Waals surface area contributed by atoms with E-state index >= 15 is 0 Å². The van der Waals surface area contributed by atoms with Crippen molar-refractivity contribution < 1.29 is 9.59 Å². The van der Waals surface area contributed by atoms with Gasteiger partial charge in [0.2, 0.25) is 0 Å². The molecule has 76 valence electrons. The fraction of sp³-hybridized carbons (Fsp3) is 0. The first-order valence-corrected chi connectivity index (χ1v) is 4.59. The van der Waals surface area contributed by atoms with Gasteiger partial charge >= 0.3 is 12.1 Å². The van der Waals surface area contributed by atoms with Gasteiger partial charge in [0.05, 0.1) is 5.69 Å². The highest BCUT2D eigenvalue weighted by Gasteiger charge is 2.29. The summed E-state index contributed by atoms with van der Waals surface area (Å²) in [5, 5.41) is 6.87. The number of nitrogens with zero attached hydrogens (tertiary/aromatic N) is 3. The first-order chi connectivity index (χ1) is 7.08. The standard InChI is InChI=1S/C8H3Cl2N3O2/c9-4-1-5(10)3-6(2-4)13-7(14)11-12-8(13)15/h1-3H. The number of carbonyl (C=O) groups excluding carboxylic acids is 2. The second kappa shape index (κ2) is 3.60. The SMILES string of the molecule is O=C1N=NC(=O)N1c1cc(Cl)cc(Cl)c1. The molecule has 7 heteroatoms. The molecular formula is C8H3Cl2N3O2. The van der Waals surface area contributed by atoms with E-state index in [-0.39, 0.29) is 5.69 Å². The Kier molecular flexibility index (Phi) is 2.42. The van der Waals surface area contributed by atoms with E-state index in [1.807, 2.05) is 0 Å². The molecule has 0 radical (unpaired) electrons. The highest BCUT2D eigenvalue weighted by Crippen LogP contribution is 2.27. The van der Waals surface area contributed by atoms with E-state index in [4.69, 9.17) is 23.2 Å². The zero-order valence-electron chi connectivity index (χ0n) is 7.15. The molecule has 0 N–H and O–H groups in total. The number of halogens is 2. The molecule has 0 unspecified atom stereocenters. The van der Waals surface area contributed by atoms with E-state index in [9.17, 15) is 9.59 Å². The maximum Gasteiger partial charge on any atom is 0.375 e. The highest BCUT2D eigenvalue weighted by atomic mass is 35.5. The van der Waals surface area contributed by atoms with E-state index < -0.39 is 12.1 Å². The molecule has 1 heterocycles. The van der Waals surface area contributed by atoms with Crippen molar-refractivity contribution in [1.29, 1.82) is 0 Å². The number of carbonyl (C=O) groups is 2. The van der Waals surface area contributed by atoms with Crippen LogP contribution in [0.3, 0.4) is 0 Å². The van der Waals surface area contributed by atoms with Crippen LogP contribution in [-0.4, -0.2) is 12.1 Å². The Balaban J connectivity index is 2.46. The summed E-state index contributed by atoms with van der Waals surface area (Å²) in [6.07, 6.45) is 0. The second-order valence-corrected chi connectivity index (χ2v) is 3.60. The third-order valence-electron chi connectivity index (χ3n) is 1.71. The molecule has 1 aromatic carbocycles. The van der Waals surface area contributed by atoms with Gasteiger partial charge in [0.25, 0.3) is 0 Å². The summed E-state index contributed by atoms with van der Waals surface area (Å²) < 4.78 is 0. The number of rotatable bonds is 1. The van der Waals surface area contributed by atoms with Crippen molar-refractivity contribution in [2.45, 2.75) is 0 Å². The van der Waals surface area contributed by atoms with Crippen molar-refractivity contribution >= 4 is 41.0 Å². The zero-order valence-corrected chi connectivity index (χ0v) is 8.66. The lowest BCUT2D eigenvalue weighted by atomic mass is 10.3. The van der Waals surface area contributed by atoms with Crippen LogP contribution < -0.4 is 4.90 Å². The lowest BCUT2D eigenvalue weighted by Gasteiger charge is -2.10. The van der Waals surface area contributed by atoms with Crippen LogP contribution in [-0.2, 0) is 0 Å². The Morgan fingerprint density at radius 1 is 0.933 bits per heavy atom. The Morgan fingerprint density at radius 3 is 1.87 bits per heavy atom. The van der Waals surface area contributed by atoms with E-state index in [0.29, 0.717) is 10.0 Å². The minimum absolute atomic E-state index is 0.257.